The molecule has 1 aliphatic rings. The molecular weight excluding hydrogens is 617 g/mol. The first-order valence-corrected chi connectivity index (χ1v) is 16.3. The minimum atomic E-state index is -3.70. The Kier molecular flexibility index (Phi) is 8.55. The third-order valence-electron chi connectivity index (χ3n) is 7.97. The van der Waals surface area contributed by atoms with Crippen LogP contribution in [0, 0.1) is 0 Å². The van der Waals surface area contributed by atoms with Crippen molar-refractivity contribution in [1.29, 1.82) is 0 Å². The van der Waals surface area contributed by atoms with Crippen LogP contribution in [0.3, 0.4) is 0 Å². The molecule has 1 aliphatic heterocycles. The summed E-state index contributed by atoms with van der Waals surface area (Å²) in [5.74, 6) is 0.0225. The number of rotatable bonds is 8. The molecule has 0 saturated carbocycles. The Bertz CT molecular complexity index is 1870. The van der Waals surface area contributed by atoms with Gasteiger partial charge < -0.3 is 11.1 Å². The Morgan fingerprint density at radius 2 is 1.39 bits per heavy atom. The quantitative estimate of drug-likeness (QED) is 0.186. The molecular formula is C33H29Cl2N5O3S. The number of anilines is 1. The van der Waals surface area contributed by atoms with Crippen LogP contribution in [-0.4, -0.2) is 47.7 Å². The molecule has 5 aromatic rings. The molecule has 3 N–H and O–H groups in total. The maximum absolute atomic E-state index is 13.2. The van der Waals surface area contributed by atoms with Crippen molar-refractivity contribution >= 4 is 55.9 Å². The Morgan fingerprint density at radius 1 is 0.818 bits per heavy atom. The number of hydrogen-bond acceptors (Lipinski definition) is 6. The van der Waals surface area contributed by atoms with Gasteiger partial charge in [-0.2, -0.15) is 4.31 Å². The molecule has 224 valence electrons. The number of benzene rings is 4. The first-order valence-electron chi connectivity index (χ1n) is 14.1. The monoisotopic (exact) mass is 645 g/mol. The SMILES string of the molecule is NC(=O)c1ccc(S(=O)(=O)N2CCC(Nc3ncnc4ccc(C(c5ccc(Cl)cc5)c5ccc(Cl)cc5)cc34)CC2)cc1. The average molecular weight is 647 g/mol. The first kappa shape index (κ1) is 30.0. The highest BCUT2D eigenvalue weighted by Gasteiger charge is 2.30. The van der Waals surface area contributed by atoms with Crippen molar-refractivity contribution < 1.29 is 13.2 Å². The highest BCUT2D eigenvalue weighted by atomic mass is 35.5. The first-order chi connectivity index (χ1) is 21.2. The van der Waals surface area contributed by atoms with Gasteiger partial charge in [0.1, 0.15) is 12.1 Å². The van der Waals surface area contributed by atoms with Crippen LogP contribution in [0.25, 0.3) is 10.9 Å². The number of amides is 1. The molecule has 4 aromatic carbocycles. The second kappa shape index (κ2) is 12.5. The Labute approximate surface area is 265 Å². The standard InChI is InChI=1S/C33H29Cl2N5O3S/c34-25-8-1-21(2-9-25)31(22-3-10-26(35)11-4-22)24-7-14-30-29(19-24)33(38-20-37-30)39-27-15-17-40(18-16-27)44(42,43)28-12-5-23(6-13-28)32(36)41/h1-14,19-20,27,31H,15-18H2,(H2,36,41)(H,37,38,39). The average Bonchev–Trinajstić information content (AvgIpc) is 3.03. The fourth-order valence-corrected chi connectivity index (χ4v) is 7.35. The number of sulfonamides is 1. The molecule has 8 nitrogen and oxygen atoms in total. The molecule has 0 aliphatic carbocycles. The second-order valence-electron chi connectivity index (χ2n) is 10.7. The van der Waals surface area contributed by atoms with Crippen molar-refractivity contribution in [3.05, 3.63) is 130 Å². The van der Waals surface area contributed by atoms with Crippen LogP contribution in [0.2, 0.25) is 10.0 Å². The van der Waals surface area contributed by atoms with Crippen LogP contribution in [0.5, 0.6) is 0 Å². The van der Waals surface area contributed by atoms with Gasteiger partial charge in [0.15, 0.2) is 0 Å². The number of nitrogens with zero attached hydrogens (tertiary/aromatic N) is 3. The molecule has 0 atom stereocenters. The lowest BCUT2D eigenvalue weighted by Gasteiger charge is -2.32. The van der Waals surface area contributed by atoms with E-state index in [1.165, 1.54) is 34.9 Å². The van der Waals surface area contributed by atoms with Gasteiger partial charge in [0, 0.05) is 46.0 Å². The van der Waals surface area contributed by atoms with Crippen molar-refractivity contribution in [3.63, 3.8) is 0 Å². The number of aromatic nitrogens is 2. The van der Waals surface area contributed by atoms with Crippen molar-refractivity contribution in [2.75, 3.05) is 18.4 Å². The smallest absolute Gasteiger partial charge is 0.248 e. The summed E-state index contributed by atoms with van der Waals surface area (Å²) in [4.78, 5) is 20.6. The summed E-state index contributed by atoms with van der Waals surface area (Å²) < 4.78 is 27.9. The number of carbonyl (C=O) groups is 1. The van der Waals surface area contributed by atoms with Gasteiger partial charge in [0.2, 0.25) is 15.9 Å². The molecule has 2 heterocycles. The largest absolute Gasteiger partial charge is 0.367 e. The van der Waals surface area contributed by atoms with Gasteiger partial charge in [-0.05, 0) is 90.2 Å². The zero-order chi connectivity index (χ0) is 30.8. The summed E-state index contributed by atoms with van der Waals surface area (Å²) >= 11 is 12.4. The van der Waals surface area contributed by atoms with Gasteiger partial charge in [0.05, 0.1) is 10.4 Å². The van der Waals surface area contributed by atoms with E-state index in [0.717, 1.165) is 27.6 Å². The molecule has 11 heteroatoms. The number of hydrogen-bond donors (Lipinski definition) is 2. The van der Waals surface area contributed by atoms with E-state index in [-0.39, 0.29) is 22.4 Å². The topological polar surface area (TPSA) is 118 Å². The number of carbonyl (C=O) groups excluding carboxylic acids is 1. The van der Waals surface area contributed by atoms with Crippen molar-refractivity contribution in [2.45, 2.75) is 29.7 Å². The van der Waals surface area contributed by atoms with E-state index in [1.54, 1.807) is 0 Å². The van der Waals surface area contributed by atoms with E-state index in [9.17, 15) is 13.2 Å². The van der Waals surface area contributed by atoms with Crippen LogP contribution in [0.4, 0.5) is 5.82 Å². The fourth-order valence-electron chi connectivity index (χ4n) is 5.63. The lowest BCUT2D eigenvalue weighted by molar-refractivity contribution is 0.1000. The third kappa shape index (κ3) is 6.27. The van der Waals surface area contributed by atoms with E-state index in [0.29, 0.717) is 41.8 Å². The normalized spacial score (nSPS) is 14.6. The second-order valence-corrected chi connectivity index (χ2v) is 13.6. The summed E-state index contributed by atoms with van der Waals surface area (Å²) in [5, 5.41) is 5.77. The Balaban J connectivity index is 1.24. The van der Waals surface area contributed by atoms with Gasteiger partial charge in [-0.1, -0.05) is 53.5 Å². The molecule has 44 heavy (non-hydrogen) atoms. The number of nitrogens with one attached hydrogen (secondary N) is 1. The van der Waals surface area contributed by atoms with Crippen molar-refractivity contribution in [2.24, 2.45) is 5.73 Å². The third-order valence-corrected chi connectivity index (χ3v) is 10.4. The predicted molar refractivity (Wildman–Crippen MR) is 174 cm³/mol. The van der Waals surface area contributed by atoms with E-state index in [4.69, 9.17) is 28.9 Å². The van der Waals surface area contributed by atoms with Crippen LogP contribution < -0.4 is 11.1 Å². The highest BCUT2D eigenvalue weighted by molar-refractivity contribution is 7.89. The predicted octanol–water partition coefficient (Wildman–Crippen LogP) is 6.48. The molecule has 6 rings (SSSR count). The number of fused-ring (bicyclic) bond motifs is 1. The van der Waals surface area contributed by atoms with Crippen LogP contribution in [0.1, 0.15) is 45.8 Å². The fraction of sp³-hybridized carbons (Fsp3) is 0.182. The Morgan fingerprint density at radius 3 is 1.95 bits per heavy atom. The number of piperidine rings is 1. The maximum atomic E-state index is 13.2. The zero-order valence-corrected chi connectivity index (χ0v) is 25.9. The molecule has 0 unspecified atom stereocenters. The lowest BCUT2D eigenvalue weighted by Crippen LogP contribution is -2.42. The van der Waals surface area contributed by atoms with Crippen LogP contribution in [0.15, 0.2) is 102 Å². The minimum absolute atomic E-state index is 0.0174. The van der Waals surface area contributed by atoms with Crippen molar-refractivity contribution in [3.8, 4) is 0 Å². The van der Waals surface area contributed by atoms with Gasteiger partial charge in [-0.3, -0.25) is 4.79 Å². The van der Waals surface area contributed by atoms with E-state index in [2.05, 4.69) is 27.4 Å². The summed E-state index contributed by atoms with van der Waals surface area (Å²) in [6, 6.07) is 27.6. The summed E-state index contributed by atoms with van der Waals surface area (Å²) in [7, 11) is -3.70. The van der Waals surface area contributed by atoms with Gasteiger partial charge in [-0.15, -0.1) is 0 Å². The number of halogens is 2. The molecule has 0 spiro atoms. The van der Waals surface area contributed by atoms with E-state index < -0.39 is 15.9 Å². The summed E-state index contributed by atoms with van der Waals surface area (Å²) in [6.07, 6.45) is 2.74. The molecule has 1 fully saturated rings. The number of primary amides is 1. The van der Waals surface area contributed by atoms with E-state index in [1.807, 2.05) is 54.6 Å². The molecule has 0 radical (unpaired) electrons. The number of nitrogens with two attached hydrogens (primary N) is 1. The van der Waals surface area contributed by atoms with Gasteiger partial charge in [-0.25, -0.2) is 18.4 Å². The Hall–Kier alpha value is -4.02. The summed E-state index contributed by atoms with van der Waals surface area (Å²) in [6.45, 7) is 0.697. The summed E-state index contributed by atoms with van der Waals surface area (Å²) in [5.41, 5.74) is 9.58. The van der Waals surface area contributed by atoms with Crippen LogP contribution >= 0.6 is 23.2 Å². The van der Waals surface area contributed by atoms with Gasteiger partial charge >= 0.3 is 0 Å². The van der Waals surface area contributed by atoms with E-state index >= 15 is 0 Å². The molecule has 1 saturated heterocycles. The molecule has 0 bridgehead atoms. The minimum Gasteiger partial charge on any atom is -0.367 e. The molecule has 1 aromatic heterocycles. The zero-order valence-electron chi connectivity index (χ0n) is 23.5. The maximum Gasteiger partial charge on any atom is 0.248 e. The highest BCUT2D eigenvalue weighted by Crippen LogP contribution is 2.36. The van der Waals surface area contributed by atoms with Crippen molar-refractivity contribution in [1.82, 2.24) is 14.3 Å². The molecule has 1 amide bonds. The van der Waals surface area contributed by atoms with Gasteiger partial charge in [0.25, 0.3) is 0 Å². The van der Waals surface area contributed by atoms with Crippen LogP contribution in [-0.2, 0) is 10.0 Å². The lowest BCUT2D eigenvalue weighted by atomic mass is 9.84.